The number of alkyl halides is 1. The minimum Gasteiger partial charge on any atom is -0.481 e. The molecule has 0 radical (unpaired) electrons. The second-order valence-electron chi connectivity index (χ2n) is 10.3. The predicted octanol–water partition coefficient (Wildman–Crippen LogP) is 2.67. The number of carboxylic acids is 1. The molecule has 1 aromatic carbocycles. The SMILES string of the molecule is C[C@@H](CN1C(O)N=C(Nc2ccc(Oc3ccccn3)cc2)N(CC23CC(CF)(C2)C3)C1O)C(=O)O. The molecule has 1 aliphatic heterocycles. The average molecular weight is 500 g/mol. The number of halogens is 1. The van der Waals surface area contributed by atoms with E-state index in [0.717, 1.165) is 19.3 Å². The summed E-state index contributed by atoms with van der Waals surface area (Å²) in [5.41, 5.74) is 0.297. The Hall–Kier alpha value is -3.28. The first-order chi connectivity index (χ1) is 17.2. The fourth-order valence-electron chi connectivity index (χ4n) is 5.67. The van der Waals surface area contributed by atoms with Crippen LogP contribution in [0.2, 0.25) is 0 Å². The Balaban J connectivity index is 1.33. The van der Waals surface area contributed by atoms with Gasteiger partial charge < -0.3 is 30.3 Å². The van der Waals surface area contributed by atoms with Gasteiger partial charge in [0.2, 0.25) is 18.2 Å². The smallest absolute Gasteiger partial charge is 0.307 e. The number of aliphatic carboxylic acids is 1. The van der Waals surface area contributed by atoms with Gasteiger partial charge in [-0.2, -0.15) is 0 Å². The van der Waals surface area contributed by atoms with E-state index in [-0.39, 0.29) is 30.0 Å². The Labute approximate surface area is 208 Å². The van der Waals surface area contributed by atoms with Crippen molar-refractivity contribution in [2.75, 3.05) is 25.1 Å². The fraction of sp³-hybridized carbons (Fsp3) is 0.480. The number of hydrogen-bond donors (Lipinski definition) is 4. The van der Waals surface area contributed by atoms with E-state index in [1.807, 2.05) is 6.07 Å². The van der Waals surface area contributed by atoms with Gasteiger partial charge in [-0.25, -0.2) is 14.9 Å². The van der Waals surface area contributed by atoms with Gasteiger partial charge in [-0.3, -0.25) is 9.18 Å². The molecular weight excluding hydrogens is 469 g/mol. The lowest BCUT2D eigenvalue weighted by molar-refractivity contribution is -0.240. The van der Waals surface area contributed by atoms with Crippen molar-refractivity contribution >= 4 is 17.6 Å². The summed E-state index contributed by atoms with van der Waals surface area (Å²) < 4.78 is 19.1. The first-order valence-corrected chi connectivity index (χ1v) is 11.9. The minimum absolute atomic E-state index is 0.0913. The van der Waals surface area contributed by atoms with Gasteiger partial charge in [0.25, 0.3) is 0 Å². The normalized spacial score (nSPS) is 30.0. The number of ether oxygens (including phenoxy) is 1. The maximum Gasteiger partial charge on any atom is 0.307 e. The summed E-state index contributed by atoms with van der Waals surface area (Å²) in [5.74, 6) is -0.552. The molecule has 3 saturated carbocycles. The van der Waals surface area contributed by atoms with Crippen molar-refractivity contribution in [3.8, 4) is 11.6 Å². The van der Waals surface area contributed by atoms with Crippen molar-refractivity contribution in [1.82, 2.24) is 14.8 Å². The number of carbonyl (C=O) groups is 1. The van der Waals surface area contributed by atoms with Crippen LogP contribution in [0.25, 0.3) is 0 Å². The zero-order valence-corrected chi connectivity index (χ0v) is 19.9. The Kier molecular flexibility index (Phi) is 6.31. The molecule has 6 rings (SSSR count). The number of nitrogens with zero attached hydrogens (tertiary/aromatic N) is 4. The lowest BCUT2D eigenvalue weighted by Crippen LogP contribution is -2.70. The monoisotopic (exact) mass is 499 g/mol. The van der Waals surface area contributed by atoms with Crippen molar-refractivity contribution < 1.29 is 29.2 Å². The molecular formula is C25H30FN5O5. The number of aliphatic hydroxyl groups excluding tert-OH is 2. The molecule has 4 aliphatic rings. The Morgan fingerprint density at radius 3 is 2.53 bits per heavy atom. The number of guanidine groups is 1. The number of benzene rings is 1. The van der Waals surface area contributed by atoms with Gasteiger partial charge in [0.1, 0.15) is 5.75 Å². The molecule has 2 bridgehead atoms. The number of rotatable bonds is 9. The summed E-state index contributed by atoms with van der Waals surface area (Å²) in [6, 6.07) is 12.4. The maximum absolute atomic E-state index is 13.3. The van der Waals surface area contributed by atoms with Crippen molar-refractivity contribution in [1.29, 1.82) is 0 Å². The third kappa shape index (κ3) is 4.61. The lowest BCUT2D eigenvalue weighted by Gasteiger charge is -2.71. The highest BCUT2D eigenvalue weighted by Crippen LogP contribution is 2.73. The minimum atomic E-state index is -1.43. The van der Waals surface area contributed by atoms with Crippen molar-refractivity contribution in [2.45, 2.75) is 38.9 Å². The second-order valence-corrected chi connectivity index (χ2v) is 10.3. The van der Waals surface area contributed by atoms with E-state index in [2.05, 4.69) is 15.3 Å². The third-order valence-corrected chi connectivity index (χ3v) is 7.30. The number of aliphatic hydroxyl groups is 2. The molecule has 2 heterocycles. The lowest BCUT2D eigenvalue weighted by atomic mass is 9.35. The molecule has 36 heavy (non-hydrogen) atoms. The highest BCUT2D eigenvalue weighted by Gasteiger charge is 2.68. The van der Waals surface area contributed by atoms with Crippen LogP contribution in [0.5, 0.6) is 11.6 Å². The van der Waals surface area contributed by atoms with Gasteiger partial charge in [0.05, 0.1) is 12.6 Å². The highest BCUT2D eigenvalue weighted by molar-refractivity contribution is 5.94. The second kappa shape index (κ2) is 9.30. The molecule has 0 spiro atoms. The largest absolute Gasteiger partial charge is 0.481 e. The quantitative estimate of drug-likeness (QED) is 0.411. The van der Waals surface area contributed by atoms with Crippen molar-refractivity contribution in [3.05, 3.63) is 48.7 Å². The van der Waals surface area contributed by atoms with Crippen LogP contribution in [0.4, 0.5) is 10.1 Å². The first kappa shape index (κ1) is 24.4. The van der Waals surface area contributed by atoms with Crippen LogP contribution in [0.1, 0.15) is 26.2 Å². The van der Waals surface area contributed by atoms with Gasteiger partial charge in [-0.15, -0.1) is 0 Å². The third-order valence-electron chi connectivity index (χ3n) is 7.30. The summed E-state index contributed by atoms with van der Waals surface area (Å²) in [5, 5.41) is 34.3. The molecule has 3 aliphatic carbocycles. The van der Waals surface area contributed by atoms with Crippen LogP contribution < -0.4 is 10.1 Å². The number of anilines is 1. The van der Waals surface area contributed by atoms with E-state index in [9.17, 15) is 24.5 Å². The zero-order valence-electron chi connectivity index (χ0n) is 19.9. The summed E-state index contributed by atoms with van der Waals surface area (Å²) in [6.45, 7) is 1.48. The summed E-state index contributed by atoms with van der Waals surface area (Å²) in [6.07, 6.45) is 1.11. The van der Waals surface area contributed by atoms with Crippen LogP contribution in [0.3, 0.4) is 0 Å². The highest BCUT2D eigenvalue weighted by atomic mass is 19.1. The zero-order chi connectivity index (χ0) is 25.5. The predicted molar refractivity (Wildman–Crippen MR) is 129 cm³/mol. The van der Waals surface area contributed by atoms with Crippen molar-refractivity contribution in [2.24, 2.45) is 21.7 Å². The van der Waals surface area contributed by atoms with E-state index >= 15 is 0 Å². The number of hydrogen-bond acceptors (Lipinski definition) is 9. The number of pyridine rings is 1. The first-order valence-electron chi connectivity index (χ1n) is 11.9. The average Bonchev–Trinajstić information content (AvgIpc) is 2.81. The number of aliphatic imine (C=N–C) groups is 1. The molecule has 10 nitrogen and oxygen atoms in total. The van der Waals surface area contributed by atoms with Crippen LogP contribution in [0, 0.1) is 16.7 Å². The van der Waals surface area contributed by atoms with Gasteiger partial charge in [-0.1, -0.05) is 13.0 Å². The fourth-order valence-corrected chi connectivity index (χ4v) is 5.67. The molecule has 0 amide bonds. The van der Waals surface area contributed by atoms with Gasteiger partial charge in [0.15, 0.2) is 6.35 Å². The van der Waals surface area contributed by atoms with Gasteiger partial charge >= 0.3 is 5.97 Å². The molecule has 4 N–H and O–H groups in total. The molecule has 3 fully saturated rings. The Bertz CT molecular complexity index is 1110. The number of aromatic nitrogens is 1. The number of nitrogens with one attached hydrogen (secondary N) is 1. The van der Waals surface area contributed by atoms with E-state index in [4.69, 9.17) is 4.74 Å². The van der Waals surface area contributed by atoms with Crippen LogP contribution in [0.15, 0.2) is 53.7 Å². The van der Waals surface area contributed by atoms with E-state index < -0.39 is 24.6 Å². The summed E-state index contributed by atoms with van der Waals surface area (Å²) >= 11 is 0. The van der Waals surface area contributed by atoms with Crippen LogP contribution >= 0.6 is 0 Å². The summed E-state index contributed by atoms with van der Waals surface area (Å²) in [7, 11) is 0. The molecule has 2 aromatic rings. The molecule has 2 unspecified atom stereocenters. The molecule has 1 aromatic heterocycles. The maximum atomic E-state index is 13.3. The number of carboxylic acid groups (broad SMARTS) is 1. The van der Waals surface area contributed by atoms with Crippen LogP contribution in [-0.4, -0.2) is 74.5 Å². The Morgan fingerprint density at radius 1 is 1.19 bits per heavy atom. The standard InChI is InChI=1S/C25H30FN5O5/c1-16(20(32)33)10-30-22(34)29-21(31(23(30)35)15-25-11-24(12-25,13-25)14-26)28-17-5-7-18(8-6-17)36-19-4-2-3-9-27-19/h2-9,16,22-23,34-35H,10-15H2,1H3,(H,28,29)(H,32,33)/t16-,22?,23?,24?,25?/m0/s1. The molecule has 192 valence electrons. The van der Waals surface area contributed by atoms with E-state index in [1.165, 1.54) is 11.8 Å². The van der Waals surface area contributed by atoms with Crippen LogP contribution in [-0.2, 0) is 4.79 Å². The molecule has 11 heteroatoms. The van der Waals surface area contributed by atoms with E-state index in [1.54, 1.807) is 47.5 Å². The Morgan fingerprint density at radius 2 is 1.92 bits per heavy atom. The molecule has 3 atom stereocenters. The molecule has 0 saturated heterocycles. The van der Waals surface area contributed by atoms with Gasteiger partial charge in [-0.05, 0) is 55.0 Å². The topological polar surface area (TPSA) is 131 Å². The van der Waals surface area contributed by atoms with Gasteiger partial charge in [0, 0.05) is 36.5 Å². The van der Waals surface area contributed by atoms with Crippen molar-refractivity contribution in [3.63, 3.8) is 0 Å². The van der Waals surface area contributed by atoms with E-state index in [0.29, 0.717) is 23.9 Å². The summed E-state index contributed by atoms with van der Waals surface area (Å²) in [4.78, 5) is 22.7.